The molecule has 1 unspecified atom stereocenters. The molecule has 1 saturated carbocycles. The molecule has 1 aliphatic carbocycles. The molecule has 0 spiro atoms. The van der Waals surface area contributed by atoms with E-state index in [9.17, 15) is 18.8 Å². The molecule has 6 nitrogen and oxygen atoms in total. The highest BCUT2D eigenvalue weighted by molar-refractivity contribution is 7.99. The van der Waals surface area contributed by atoms with Gasteiger partial charge in [0.1, 0.15) is 5.82 Å². The first-order valence-corrected chi connectivity index (χ1v) is 13.6. The number of nitrogens with zero attached hydrogens (tertiary/aromatic N) is 1. The predicted octanol–water partition coefficient (Wildman–Crippen LogP) is 5.95. The predicted molar refractivity (Wildman–Crippen MR) is 140 cm³/mol. The van der Waals surface area contributed by atoms with Crippen LogP contribution in [-0.2, 0) is 4.79 Å². The number of benzene rings is 2. The van der Waals surface area contributed by atoms with Crippen LogP contribution in [-0.4, -0.2) is 54.1 Å². The van der Waals surface area contributed by atoms with Crippen LogP contribution in [0.4, 0.5) is 20.2 Å². The van der Waals surface area contributed by atoms with Gasteiger partial charge in [-0.3, -0.25) is 20.2 Å². The second kappa shape index (κ2) is 13.3. The van der Waals surface area contributed by atoms with Gasteiger partial charge in [-0.1, -0.05) is 6.42 Å². The third kappa shape index (κ3) is 8.56. The summed E-state index contributed by atoms with van der Waals surface area (Å²) in [5.74, 6) is -0.107. The molecule has 10 heteroatoms. The van der Waals surface area contributed by atoms with Gasteiger partial charge in [0.15, 0.2) is 5.67 Å². The monoisotopic (exact) mass is 524 g/mol. The molecule has 1 atom stereocenters. The molecule has 0 aliphatic heterocycles. The van der Waals surface area contributed by atoms with Gasteiger partial charge in [-0.15, -0.1) is 11.8 Å². The van der Waals surface area contributed by atoms with Crippen LogP contribution < -0.4 is 15.5 Å². The SMILES string of the molecule is CN(C)CCC(CSc1ccc(F)cc1)Nc1ccc(SNC(=O)C2(F)CCCCC2)cc1NO. The largest absolute Gasteiger partial charge is 0.380 e. The molecule has 35 heavy (non-hydrogen) atoms. The number of carbonyl (C=O) groups is 1. The van der Waals surface area contributed by atoms with Gasteiger partial charge in [-0.25, -0.2) is 8.78 Å². The third-order valence-electron chi connectivity index (χ3n) is 5.98. The Hall–Kier alpha value is -2.01. The van der Waals surface area contributed by atoms with Crippen LogP contribution >= 0.6 is 23.7 Å². The first-order chi connectivity index (χ1) is 16.8. The molecule has 0 aromatic heterocycles. The zero-order valence-corrected chi connectivity index (χ0v) is 21.8. The minimum atomic E-state index is -1.80. The number of nitrogens with one attached hydrogen (secondary N) is 3. The van der Waals surface area contributed by atoms with Crippen molar-refractivity contribution in [3.63, 3.8) is 0 Å². The van der Waals surface area contributed by atoms with E-state index in [1.807, 2.05) is 26.2 Å². The molecular weight excluding hydrogens is 490 g/mol. The maximum Gasteiger partial charge on any atom is 0.267 e. The van der Waals surface area contributed by atoms with Crippen molar-refractivity contribution in [1.29, 1.82) is 0 Å². The van der Waals surface area contributed by atoms with Crippen molar-refractivity contribution >= 4 is 41.0 Å². The first kappa shape index (κ1) is 27.6. The minimum absolute atomic E-state index is 0.0791. The van der Waals surface area contributed by atoms with Crippen molar-refractivity contribution in [2.45, 2.75) is 60.0 Å². The molecule has 1 amide bonds. The average Bonchev–Trinajstić information content (AvgIpc) is 2.86. The first-order valence-electron chi connectivity index (χ1n) is 11.8. The zero-order chi connectivity index (χ0) is 25.3. The summed E-state index contributed by atoms with van der Waals surface area (Å²) in [6.45, 7) is 0.870. The summed E-state index contributed by atoms with van der Waals surface area (Å²) in [6, 6.07) is 11.8. The number of amides is 1. The molecule has 1 fully saturated rings. The van der Waals surface area contributed by atoms with Gasteiger partial charge in [0.25, 0.3) is 5.91 Å². The van der Waals surface area contributed by atoms with Crippen molar-refractivity contribution in [3.05, 3.63) is 48.3 Å². The summed E-state index contributed by atoms with van der Waals surface area (Å²) < 4.78 is 30.7. The number of carbonyl (C=O) groups excluding carboxylic acids is 1. The van der Waals surface area contributed by atoms with E-state index in [1.54, 1.807) is 30.0 Å². The van der Waals surface area contributed by atoms with Crippen LogP contribution in [0.25, 0.3) is 0 Å². The highest BCUT2D eigenvalue weighted by Crippen LogP contribution is 2.34. The third-order valence-corrected chi connectivity index (χ3v) is 7.93. The van der Waals surface area contributed by atoms with Crippen LogP contribution in [0.2, 0.25) is 0 Å². The van der Waals surface area contributed by atoms with Gasteiger partial charge in [-0.05, 0) is 107 Å². The standard InChI is InChI=1S/C25H34F2N4O2S2/c1-31(2)15-12-19(17-34-20-8-6-18(26)7-9-20)28-22-11-10-21(16-23(22)29-33)35-30-24(32)25(27)13-4-3-5-14-25/h6-11,16,19,28-29,33H,3-5,12-15,17H2,1-2H3,(H,30,32). The van der Waals surface area contributed by atoms with Crippen molar-refractivity contribution in [2.24, 2.45) is 0 Å². The molecular formula is C25H34F2N4O2S2. The molecule has 4 N–H and O–H groups in total. The summed E-state index contributed by atoms with van der Waals surface area (Å²) in [7, 11) is 4.03. The molecule has 1 aliphatic rings. The summed E-state index contributed by atoms with van der Waals surface area (Å²) in [5, 5.41) is 13.2. The van der Waals surface area contributed by atoms with E-state index in [0.717, 1.165) is 54.8 Å². The average molecular weight is 525 g/mol. The topological polar surface area (TPSA) is 76.6 Å². The lowest BCUT2D eigenvalue weighted by molar-refractivity contribution is -0.132. The molecule has 2 aromatic rings. The molecule has 0 radical (unpaired) electrons. The summed E-state index contributed by atoms with van der Waals surface area (Å²) >= 11 is 2.67. The van der Waals surface area contributed by atoms with E-state index in [0.29, 0.717) is 16.3 Å². The van der Waals surface area contributed by atoms with E-state index < -0.39 is 11.6 Å². The molecule has 192 valence electrons. The second-order valence-electron chi connectivity index (χ2n) is 9.08. The van der Waals surface area contributed by atoms with Crippen LogP contribution in [0.15, 0.2) is 52.3 Å². The lowest BCUT2D eigenvalue weighted by Gasteiger charge is -2.27. The fraction of sp³-hybridized carbons (Fsp3) is 0.480. The fourth-order valence-electron chi connectivity index (χ4n) is 3.90. The quantitative estimate of drug-likeness (QED) is 0.155. The number of alkyl halides is 1. The summed E-state index contributed by atoms with van der Waals surface area (Å²) in [5.41, 5.74) is 1.59. The minimum Gasteiger partial charge on any atom is -0.380 e. The van der Waals surface area contributed by atoms with Crippen LogP contribution in [0, 0.1) is 5.82 Å². The van der Waals surface area contributed by atoms with Crippen molar-refractivity contribution in [2.75, 3.05) is 37.2 Å². The number of hydrogen-bond acceptors (Lipinski definition) is 7. The normalized spacial score (nSPS) is 16.1. The highest BCUT2D eigenvalue weighted by atomic mass is 32.2. The van der Waals surface area contributed by atoms with E-state index in [2.05, 4.69) is 20.4 Å². The summed E-state index contributed by atoms with van der Waals surface area (Å²) in [6.07, 6.45) is 3.79. The van der Waals surface area contributed by atoms with E-state index in [4.69, 9.17) is 0 Å². The lowest BCUT2D eigenvalue weighted by Crippen LogP contribution is -2.42. The Morgan fingerprint density at radius 2 is 1.77 bits per heavy atom. The molecule has 0 saturated heterocycles. The highest BCUT2D eigenvalue weighted by Gasteiger charge is 2.39. The number of anilines is 2. The van der Waals surface area contributed by atoms with Crippen molar-refractivity contribution in [1.82, 2.24) is 9.62 Å². The van der Waals surface area contributed by atoms with Crippen molar-refractivity contribution < 1.29 is 18.8 Å². The second-order valence-corrected chi connectivity index (χ2v) is 11.0. The Balaban J connectivity index is 1.63. The number of hydrogen-bond donors (Lipinski definition) is 4. The van der Waals surface area contributed by atoms with Gasteiger partial charge in [0.2, 0.25) is 0 Å². The maximum absolute atomic E-state index is 14.9. The Bertz CT molecular complexity index is 957. The fourth-order valence-corrected chi connectivity index (χ4v) is 5.58. The lowest BCUT2D eigenvalue weighted by atomic mass is 9.86. The molecule has 3 rings (SSSR count). The Labute approximate surface area is 214 Å². The molecule has 0 bridgehead atoms. The van der Waals surface area contributed by atoms with E-state index >= 15 is 0 Å². The molecule has 2 aromatic carbocycles. The number of halogens is 2. The smallest absolute Gasteiger partial charge is 0.267 e. The van der Waals surface area contributed by atoms with E-state index in [-0.39, 0.29) is 24.7 Å². The molecule has 0 heterocycles. The Kier molecular flexibility index (Phi) is 10.5. The number of rotatable bonds is 12. The van der Waals surface area contributed by atoms with Crippen molar-refractivity contribution in [3.8, 4) is 0 Å². The van der Waals surface area contributed by atoms with Gasteiger partial charge < -0.3 is 10.2 Å². The zero-order valence-electron chi connectivity index (χ0n) is 20.2. The van der Waals surface area contributed by atoms with Gasteiger partial charge in [0, 0.05) is 21.6 Å². The van der Waals surface area contributed by atoms with Crippen LogP contribution in [0.5, 0.6) is 0 Å². The maximum atomic E-state index is 14.9. The van der Waals surface area contributed by atoms with Gasteiger partial charge >= 0.3 is 0 Å². The Morgan fingerprint density at radius 3 is 2.43 bits per heavy atom. The van der Waals surface area contributed by atoms with Crippen LogP contribution in [0.1, 0.15) is 38.5 Å². The van der Waals surface area contributed by atoms with E-state index in [1.165, 1.54) is 12.1 Å². The van der Waals surface area contributed by atoms with Crippen LogP contribution in [0.3, 0.4) is 0 Å². The Morgan fingerprint density at radius 1 is 1.09 bits per heavy atom. The number of thioether (sulfide) groups is 1. The van der Waals surface area contributed by atoms with Gasteiger partial charge in [0.05, 0.1) is 11.4 Å². The van der Waals surface area contributed by atoms with Gasteiger partial charge in [-0.2, -0.15) is 0 Å². The summed E-state index contributed by atoms with van der Waals surface area (Å²) in [4.78, 5) is 16.1.